The van der Waals surface area contributed by atoms with E-state index in [0.29, 0.717) is 24.9 Å². The first kappa shape index (κ1) is 20.4. The van der Waals surface area contributed by atoms with Crippen molar-refractivity contribution in [2.45, 2.75) is 45.1 Å². The Morgan fingerprint density at radius 1 is 1.16 bits per heavy atom. The van der Waals surface area contributed by atoms with Gasteiger partial charge in [-0.3, -0.25) is 9.69 Å². The Labute approximate surface area is 187 Å². The molecule has 0 bridgehead atoms. The average Bonchev–Trinajstić information content (AvgIpc) is 3.46. The van der Waals surface area contributed by atoms with Crippen molar-refractivity contribution in [3.63, 3.8) is 0 Å². The smallest absolute Gasteiger partial charge is 0.309 e. The molecule has 2 heterocycles. The van der Waals surface area contributed by atoms with Crippen LogP contribution in [0, 0.1) is 5.92 Å². The van der Waals surface area contributed by atoms with Gasteiger partial charge in [-0.05, 0) is 46.9 Å². The summed E-state index contributed by atoms with van der Waals surface area (Å²) >= 11 is 1.76. The van der Waals surface area contributed by atoms with Crippen molar-refractivity contribution in [1.29, 1.82) is 0 Å². The number of aliphatic carboxylic acids is 1. The molecule has 1 aliphatic carbocycles. The number of carboxylic acids is 1. The summed E-state index contributed by atoms with van der Waals surface area (Å²) in [5.74, 6) is 0.293. The minimum atomic E-state index is -0.677. The van der Waals surface area contributed by atoms with Crippen LogP contribution in [0.15, 0.2) is 48.7 Å². The van der Waals surface area contributed by atoms with Crippen molar-refractivity contribution < 1.29 is 9.90 Å². The Bertz CT molecular complexity index is 1090. The molecule has 3 aromatic rings. The highest BCUT2D eigenvalue weighted by Gasteiger charge is 2.33. The number of thiazole rings is 1. The summed E-state index contributed by atoms with van der Waals surface area (Å²) in [7, 11) is 0. The summed E-state index contributed by atoms with van der Waals surface area (Å²) in [6.45, 7) is 6.57. The maximum atomic E-state index is 11.1. The van der Waals surface area contributed by atoms with Gasteiger partial charge in [0.2, 0.25) is 0 Å². The molecule has 2 fully saturated rings. The highest BCUT2D eigenvalue weighted by atomic mass is 32.1. The normalized spacial score (nSPS) is 17.1. The van der Waals surface area contributed by atoms with Gasteiger partial charge in [-0.25, -0.2) is 4.98 Å². The molecule has 0 atom stereocenters. The lowest BCUT2D eigenvalue weighted by Gasteiger charge is -2.36. The molecule has 0 amide bonds. The van der Waals surface area contributed by atoms with Gasteiger partial charge in [-0.1, -0.05) is 56.3 Å². The molecule has 2 aliphatic rings. The fourth-order valence-electron chi connectivity index (χ4n) is 4.32. The van der Waals surface area contributed by atoms with Gasteiger partial charge < -0.3 is 5.11 Å². The van der Waals surface area contributed by atoms with Crippen molar-refractivity contribution in [3.8, 4) is 21.0 Å². The van der Waals surface area contributed by atoms with Gasteiger partial charge in [0.05, 0.1) is 10.8 Å². The minimum absolute atomic E-state index is 0.203. The molecule has 1 saturated heterocycles. The standard InChI is InChI=1S/C26H28N2O2S/c1-16(2)18-4-8-20(9-5-18)24-12-27-25(31-24)22-10-3-17(11-23(22)19-6-7-19)13-28-14-21(15-28)26(29)30/h3-5,8-12,16,19,21H,6-7,13-15H2,1-2H3,(H,29,30). The van der Waals surface area contributed by atoms with Gasteiger partial charge in [0.25, 0.3) is 0 Å². The van der Waals surface area contributed by atoms with E-state index < -0.39 is 5.97 Å². The van der Waals surface area contributed by atoms with Crippen LogP contribution in [0.25, 0.3) is 21.0 Å². The molecule has 31 heavy (non-hydrogen) atoms. The molecule has 2 aromatic carbocycles. The molecule has 1 saturated carbocycles. The van der Waals surface area contributed by atoms with Crippen LogP contribution in [-0.2, 0) is 11.3 Å². The van der Waals surface area contributed by atoms with Crippen LogP contribution in [0.3, 0.4) is 0 Å². The fourth-order valence-corrected chi connectivity index (χ4v) is 5.28. The maximum Gasteiger partial charge on any atom is 0.309 e. The van der Waals surface area contributed by atoms with Crippen LogP contribution in [0.2, 0.25) is 0 Å². The van der Waals surface area contributed by atoms with Gasteiger partial charge in [0, 0.05) is 31.4 Å². The highest BCUT2D eigenvalue weighted by Crippen LogP contribution is 2.46. The summed E-state index contributed by atoms with van der Waals surface area (Å²) in [6, 6.07) is 15.6. The Morgan fingerprint density at radius 3 is 2.55 bits per heavy atom. The quantitative estimate of drug-likeness (QED) is 0.498. The van der Waals surface area contributed by atoms with Crippen LogP contribution >= 0.6 is 11.3 Å². The van der Waals surface area contributed by atoms with Crippen molar-refractivity contribution >= 4 is 17.3 Å². The van der Waals surface area contributed by atoms with Crippen molar-refractivity contribution in [1.82, 2.24) is 9.88 Å². The molecular formula is C26H28N2O2S. The molecule has 5 heteroatoms. The summed E-state index contributed by atoms with van der Waals surface area (Å²) in [5.41, 5.74) is 6.52. The molecule has 1 N–H and O–H groups in total. The van der Waals surface area contributed by atoms with Gasteiger partial charge in [0.15, 0.2) is 0 Å². The van der Waals surface area contributed by atoms with E-state index in [-0.39, 0.29) is 5.92 Å². The predicted molar refractivity (Wildman–Crippen MR) is 125 cm³/mol. The topological polar surface area (TPSA) is 53.4 Å². The zero-order valence-electron chi connectivity index (χ0n) is 18.0. The molecule has 4 nitrogen and oxygen atoms in total. The van der Waals surface area contributed by atoms with E-state index in [9.17, 15) is 4.79 Å². The van der Waals surface area contributed by atoms with E-state index in [1.807, 2.05) is 6.20 Å². The first-order valence-electron chi connectivity index (χ1n) is 11.1. The summed E-state index contributed by atoms with van der Waals surface area (Å²) < 4.78 is 0. The largest absolute Gasteiger partial charge is 0.481 e. The van der Waals surface area contributed by atoms with Crippen LogP contribution in [-0.4, -0.2) is 34.0 Å². The molecule has 0 spiro atoms. The maximum absolute atomic E-state index is 11.1. The highest BCUT2D eigenvalue weighted by molar-refractivity contribution is 7.18. The van der Waals surface area contributed by atoms with Crippen LogP contribution in [0.5, 0.6) is 0 Å². The zero-order valence-corrected chi connectivity index (χ0v) is 18.9. The third-order valence-electron chi connectivity index (χ3n) is 6.44. The van der Waals surface area contributed by atoms with E-state index in [1.165, 1.54) is 45.5 Å². The first-order valence-corrected chi connectivity index (χ1v) is 11.9. The Kier molecular flexibility index (Phi) is 5.40. The number of carbonyl (C=O) groups is 1. The minimum Gasteiger partial charge on any atom is -0.481 e. The molecule has 0 unspecified atom stereocenters. The zero-order chi connectivity index (χ0) is 21.5. The summed E-state index contributed by atoms with van der Waals surface area (Å²) in [5, 5.41) is 10.2. The van der Waals surface area contributed by atoms with E-state index >= 15 is 0 Å². The number of rotatable bonds is 7. The number of likely N-dealkylation sites (tertiary alicyclic amines) is 1. The van der Waals surface area contributed by atoms with Gasteiger partial charge in [-0.15, -0.1) is 11.3 Å². The van der Waals surface area contributed by atoms with E-state index in [2.05, 4.69) is 61.2 Å². The van der Waals surface area contributed by atoms with Gasteiger partial charge in [-0.2, -0.15) is 0 Å². The molecule has 160 valence electrons. The Morgan fingerprint density at radius 2 is 1.90 bits per heavy atom. The van der Waals surface area contributed by atoms with E-state index in [1.54, 1.807) is 11.3 Å². The third kappa shape index (κ3) is 4.30. The number of carboxylic acid groups (broad SMARTS) is 1. The molecule has 0 radical (unpaired) electrons. The molecule has 5 rings (SSSR count). The molecule has 1 aliphatic heterocycles. The van der Waals surface area contributed by atoms with Crippen molar-refractivity contribution in [2.24, 2.45) is 5.92 Å². The summed E-state index contributed by atoms with van der Waals surface area (Å²) in [6.07, 6.45) is 4.49. The number of benzene rings is 2. The number of hydrogen-bond donors (Lipinski definition) is 1. The predicted octanol–water partition coefficient (Wildman–Crippen LogP) is 5.99. The lowest BCUT2D eigenvalue weighted by molar-refractivity contribution is -0.147. The van der Waals surface area contributed by atoms with E-state index in [4.69, 9.17) is 10.1 Å². The first-order chi connectivity index (χ1) is 15.0. The number of nitrogens with zero attached hydrogens (tertiary/aromatic N) is 2. The lowest BCUT2D eigenvalue weighted by atomic mass is 9.97. The third-order valence-corrected chi connectivity index (χ3v) is 7.52. The lowest BCUT2D eigenvalue weighted by Crippen LogP contribution is -2.49. The SMILES string of the molecule is CC(C)c1ccc(-c2cnc(-c3ccc(CN4CC(C(=O)O)C4)cc3C3CC3)s2)cc1. The second-order valence-electron chi connectivity index (χ2n) is 9.23. The fraction of sp³-hybridized carbons (Fsp3) is 0.385. The van der Waals surface area contributed by atoms with Crippen molar-refractivity contribution in [2.75, 3.05) is 13.1 Å². The Balaban J connectivity index is 1.36. The van der Waals surface area contributed by atoms with Crippen molar-refractivity contribution in [3.05, 3.63) is 65.4 Å². The number of hydrogen-bond acceptors (Lipinski definition) is 4. The molecular weight excluding hydrogens is 404 g/mol. The second-order valence-corrected chi connectivity index (χ2v) is 10.3. The van der Waals surface area contributed by atoms with E-state index in [0.717, 1.165) is 11.6 Å². The van der Waals surface area contributed by atoms with Crippen LogP contribution in [0.4, 0.5) is 0 Å². The number of aromatic nitrogens is 1. The van der Waals surface area contributed by atoms with Crippen LogP contribution < -0.4 is 0 Å². The average molecular weight is 433 g/mol. The Hall–Kier alpha value is -2.50. The van der Waals surface area contributed by atoms with Gasteiger partial charge >= 0.3 is 5.97 Å². The monoisotopic (exact) mass is 432 g/mol. The van der Waals surface area contributed by atoms with Gasteiger partial charge in [0.1, 0.15) is 5.01 Å². The summed E-state index contributed by atoms with van der Waals surface area (Å²) in [4.78, 5) is 19.3. The second kappa shape index (κ2) is 8.21. The molecule has 1 aromatic heterocycles. The van der Waals surface area contributed by atoms with Crippen LogP contribution in [0.1, 0.15) is 55.2 Å².